The maximum Gasteiger partial charge on any atom is 0.358 e. The fourth-order valence-corrected chi connectivity index (χ4v) is 1.15. The van der Waals surface area contributed by atoms with Gasteiger partial charge in [-0.25, -0.2) is 14.8 Å². The maximum absolute atomic E-state index is 10.6. The van der Waals surface area contributed by atoms with E-state index < -0.39 is 5.97 Å². The van der Waals surface area contributed by atoms with Crippen LogP contribution in [0.15, 0.2) is 6.20 Å². The highest BCUT2D eigenvalue weighted by molar-refractivity contribution is 5.90. The molecule has 0 amide bonds. The molecule has 2 rings (SSSR count). The molecule has 1 aromatic heterocycles. The van der Waals surface area contributed by atoms with E-state index in [-0.39, 0.29) is 11.5 Å². The van der Waals surface area contributed by atoms with E-state index in [9.17, 15) is 4.79 Å². The first-order chi connectivity index (χ1) is 6.18. The number of rotatable bonds is 2. The largest absolute Gasteiger partial charge is 0.476 e. The van der Waals surface area contributed by atoms with Crippen LogP contribution >= 0.6 is 0 Å². The summed E-state index contributed by atoms with van der Waals surface area (Å²) in [6.45, 7) is 0. The number of carboxylic acid groups (broad SMARTS) is 1. The number of nitrogens with zero attached hydrogens (tertiary/aromatic N) is 2. The molecule has 5 heteroatoms. The third-order valence-corrected chi connectivity index (χ3v) is 2.02. The Morgan fingerprint density at radius 3 is 2.85 bits per heavy atom. The second-order valence-electron chi connectivity index (χ2n) is 3.11. The average Bonchev–Trinajstić information content (AvgIpc) is 2.87. The molecule has 68 valence electrons. The third kappa shape index (κ3) is 1.44. The van der Waals surface area contributed by atoms with Crippen molar-refractivity contribution >= 4 is 11.8 Å². The molecule has 0 radical (unpaired) electrons. The molecule has 1 saturated carbocycles. The van der Waals surface area contributed by atoms with Crippen LogP contribution in [0.1, 0.15) is 34.9 Å². The first-order valence-corrected chi connectivity index (χ1v) is 4.04. The molecule has 13 heavy (non-hydrogen) atoms. The zero-order valence-corrected chi connectivity index (χ0v) is 6.90. The minimum absolute atomic E-state index is 0.0168. The number of carboxylic acids is 1. The predicted octanol–water partition coefficient (Wildman–Crippen LogP) is 0.634. The first-order valence-electron chi connectivity index (χ1n) is 4.04. The highest BCUT2D eigenvalue weighted by Gasteiger charge is 2.26. The van der Waals surface area contributed by atoms with Crippen LogP contribution in [-0.4, -0.2) is 21.0 Å². The van der Waals surface area contributed by atoms with E-state index in [1.165, 1.54) is 0 Å². The molecule has 0 unspecified atom stereocenters. The molecule has 5 nitrogen and oxygen atoms in total. The summed E-state index contributed by atoms with van der Waals surface area (Å²) < 4.78 is 0. The summed E-state index contributed by atoms with van der Waals surface area (Å²) in [5, 5.41) is 8.71. The normalized spacial score (nSPS) is 15.7. The van der Waals surface area contributed by atoms with Crippen LogP contribution in [0.25, 0.3) is 0 Å². The summed E-state index contributed by atoms with van der Waals surface area (Å²) in [6, 6.07) is 0. The van der Waals surface area contributed by atoms with Gasteiger partial charge in [0.25, 0.3) is 0 Å². The Hall–Kier alpha value is -1.65. The number of hydrogen-bond acceptors (Lipinski definition) is 4. The quantitative estimate of drug-likeness (QED) is 0.695. The van der Waals surface area contributed by atoms with Crippen molar-refractivity contribution in [1.29, 1.82) is 0 Å². The number of nitrogens with two attached hydrogens (primary N) is 1. The van der Waals surface area contributed by atoms with Crippen LogP contribution in [0.3, 0.4) is 0 Å². The van der Waals surface area contributed by atoms with Gasteiger partial charge in [-0.05, 0) is 12.8 Å². The van der Waals surface area contributed by atoms with Crippen molar-refractivity contribution in [3.63, 3.8) is 0 Å². The van der Waals surface area contributed by atoms with Crippen molar-refractivity contribution in [1.82, 2.24) is 9.97 Å². The fourth-order valence-electron chi connectivity index (χ4n) is 1.15. The monoisotopic (exact) mass is 179 g/mol. The molecule has 1 aromatic rings. The van der Waals surface area contributed by atoms with Crippen molar-refractivity contribution in [3.05, 3.63) is 17.6 Å². The molecule has 0 atom stereocenters. The number of hydrogen-bond donors (Lipinski definition) is 2. The molecule has 0 aliphatic heterocycles. The predicted molar refractivity (Wildman–Crippen MR) is 45.4 cm³/mol. The van der Waals surface area contributed by atoms with Gasteiger partial charge in [-0.2, -0.15) is 0 Å². The second-order valence-corrected chi connectivity index (χ2v) is 3.11. The highest BCUT2D eigenvalue weighted by atomic mass is 16.4. The van der Waals surface area contributed by atoms with E-state index in [0.717, 1.165) is 18.5 Å². The number of aromatic carboxylic acids is 1. The van der Waals surface area contributed by atoms with Crippen molar-refractivity contribution in [2.24, 2.45) is 0 Å². The summed E-state index contributed by atoms with van der Waals surface area (Å²) in [6.07, 6.45) is 3.69. The van der Waals surface area contributed by atoms with Crippen LogP contribution in [0.2, 0.25) is 0 Å². The number of anilines is 1. The van der Waals surface area contributed by atoms with Gasteiger partial charge in [0.05, 0.1) is 11.9 Å². The van der Waals surface area contributed by atoms with Crippen LogP contribution in [0, 0.1) is 0 Å². The minimum Gasteiger partial charge on any atom is -0.476 e. The number of aromatic nitrogens is 2. The molecule has 0 spiro atoms. The summed E-state index contributed by atoms with van der Waals surface area (Å²) in [5.41, 5.74) is 5.96. The van der Waals surface area contributed by atoms with Gasteiger partial charge in [0.2, 0.25) is 0 Å². The molecule has 1 aliphatic rings. The fraction of sp³-hybridized carbons (Fsp3) is 0.375. The van der Waals surface area contributed by atoms with E-state index in [2.05, 4.69) is 9.97 Å². The van der Waals surface area contributed by atoms with Crippen molar-refractivity contribution in [2.45, 2.75) is 18.8 Å². The van der Waals surface area contributed by atoms with Crippen molar-refractivity contribution in [3.8, 4) is 0 Å². The molecule has 0 bridgehead atoms. The molecular weight excluding hydrogens is 170 g/mol. The van der Waals surface area contributed by atoms with Gasteiger partial charge in [-0.1, -0.05) is 0 Å². The van der Waals surface area contributed by atoms with Gasteiger partial charge in [-0.15, -0.1) is 0 Å². The van der Waals surface area contributed by atoms with Gasteiger partial charge < -0.3 is 10.8 Å². The molecule has 1 aliphatic carbocycles. The van der Waals surface area contributed by atoms with E-state index in [1.807, 2.05) is 0 Å². The molecule has 1 fully saturated rings. The second kappa shape index (κ2) is 2.69. The highest BCUT2D eigenvalue weighted by Crippen LogP contribution is 2.38. The van der Waals surface area contributed by atoms with Crippen LogP contribution in [-0.2, 0) is 0 Å². The lowest BCUT2D eigenvalue weighted by Crippen LogP contribution is -2.09. The molecule has 0 aromatic carbocycles. The topological polar surface area (TPSA) is 89.1 Å². The van der Waals surface area contributed by atoms with E-state index >= 15 is 0 Å². The summed E-state index contributed by atoms with van der Waals surface area (Å²) in [4.78, 5) is 18.4. The van der Waals surface area contributed by atoms with Crippen LogP contribution in [0.4, 0.5) is 5.82 Å². The minimum atomic E-state index is -1.12. The molecule has 1 heterocycles. The Labute approximate surface area is 74.6 Å². The van der Waals surface area contributed by atoms with Gasteiger partial charge in [0.15, 0.2) is 11.5 Å². The Morgan fingerprint density at radius 2 is 2.31 bits per heavy atom. The maximum atomic E-state index is 10.6. The van der Waals surface area contributed by atoms with Crippen LogP contribution < -0.4 is 5.73 Å². The smallest absolute Gasteiger partial charge is 0.358 e. The zero-order chi connectivity index (χ0) is 9.42. The van der Waals surface area contributed by atoms with Gasteiger partial charge >= 0.3 is 5.97 Å². The van der Waals surface area contributed by atoms with Crippen molar-refractivity contribution in [2.75, 3.05) is 5.73 Å². The third-order valence-electron chi connectivity index (χ3n) is 2.02. The molecule has 3 N–H and O–H groups in total. The van der Waals surface area contributed by atoms with Crippen LogP contribution in [0.5, 0.6) is 0 Å². The molecule has 0 saturated heterocycles. The first kappa shape index (κ1) is 7.97. The average molecular weight is 179 g/mol. The van der Waals surface area contributed by atoms with Gasteiger partial charge in [-0.3, -0.25) is 0 Å². The SMILES string of the molecule is Nc1ncc(C2CC2)nc1C(=O)O. The molecular formula is C8H9N3O2. The Balaban J connectivity index is 2.41. The lowest BCUT2D eigenvalue weighted by molar-refractivity contribution is 0.0691. The Bertz CT molecular complexity index is 360. The van der Waals surface area contributed by atoms with Crippen molar-refractivity contribution < 1.29 is 9.90 Å². The summed E-state index contributed by atoms with van der Waals surface area (Å²) in [5.74, 6) is -0.740. The van der Waals surface area contributed by atoms with E-state index in [1.54, 1.807) is 6.20 Å². The Morgan fingerprint density at radius 1 is 1.62 bits per heavy atom. The Kier molecular flexibility index (Phi) is 1.65. The lowest BCUT2D eigenvalue weighted by Gasteiger charge is -2.01. The zero-order valence-electron chi connectivity index (χ0n) is 6.90. The van der Waals surface area contributed by atoms with Gasteiger partial charge in [0, 0.05) is 5.92 Å². The number of carbonyl (C=O) groups is 1. The standard InChI is InChI=1S/C8H9N3O2/c9-7-6(8(12)13)11-5(3-10-7)4-1-2-4/h3-4H,1-2H2,(H2,9,10)(H,12,13). The van der Waals surface area contributed by atoms with E-state index in [0.29, 0.717) is 5.92 Å². The summed E-state index contributed by atoms with van der Waals surface area (Å²) >= 11 is 0. The van der Waals surface area contributed by atoms with E-state index in [4.69, 9.17) is 10.8 Å². The summed E-state index contributed by atoms with van der Waals surface area (Å²) in [7, 11) is 0. The van der Waals surface area contributed by atoms with Gasteiger partial charge in [0.1, 0.15) is 0 Å². The lowest BCUT2D eigenvalue weighted by atomic mass is 10.3. The number of nitrogen functional groups attached to an aromatic ring is 1.